The molecule has 1 aromatic rings. The minimum Gasteiger partial charge on any atom is -0.382 e. The van der Waals surface area contributed by atoms with Gasteiger partial charge in [0.15, 0.2) is 0 Å². The fourth-order valence-electron chi connectivity index (χ4n) is 2.87. The van der Waals surface area contributed by atoms with Gasteiger partial charge in [-0.1, -0.05) is 12.1 Å². The Hall–Kier alpha value is -1.88. The van der Waals surface area contributed by atoms with E-state index in [2.05, 4.69) is 16.0 Å². The van der Waals surface area contributed by atoms with Crippen LogP contribution < -0.4 is 16.0 Å². The van der Waals surface area contributed by atoms with Gasteiger partial charge >= 0.3 is 0 Å². The van der Waals surface area contributed by atoms with Gasteiger partial charge in [-0.25, -0.2) is 0 Å². The number of anilines is 1. The van der Waals surface area contributed by atoms with E-state index in [9.17, 15) is 9.59 Å². The predicted octanol–water partition coefficient (Wildman–Crippen LogP) is 1.66. The van der Waals surface area contributed by atoms with Crippen LogP contribution in [-0.2, 0) is 9.59 Å². The Labute approximate surface area is 131 Å². The van der Waals surface area contributed by atoms with Crippen molar-refractivity contribution >= 4 is 17.9 Å². The van der Waals surface area contributed by atoms with Gasteiger partial charge in [0.2, 0.25) is 5.91 Å². The molecule has 3 N–H and O–H groups in total. The van der Waals surface area contributed by atoms with Crippen LogP contribution in [0.5, 0.6) is 0 Å². The summed E-state index contributed by atoms with van der Waals surface area (Å²) in [4.78, 5) is 22.6. The summed E-state index contributed by atoms with van der Waals surface area (Å²) in [6.45, 7) is 2.11. The number of piperidine rings is 1. The molecule has 0 radical (unpaired) electrons. The van der Waals surface area contributed by atoms with Crippen LogP contribution in [0, 0.1) is 0 Å². The van der Waals surface area contributed by atoms with Crippen LogP contribution in [0.3, 0.4) is 0 Å². The van der Waals surface area contributed by atoms with Crippen molar-refractivity contribution in [2.75, 3.05) is 25.5 Å². The van der Waals surface area contributed by atoms with Crippen molar-refractivity contribution in [2.24, 2.45) is 0 Å². The molecule has 1 amide bonds. The minimum atomic E-state index is -0.261. The molecule has 1 aromatic carbocycles. The number of likely N-dealkylation sites (N-methyl/N-ethyl adjacent to an activating group) is 1. The van der Waals surface area contributed by atoms with E-state index in [0.29, 0.717) is 18.9 Å². The smallest absolute Gasteiger partial charge is 0.227 e. The number of carbonyl (C=O) groups is 2. The zero-order chi connectivity index (χ0) is 15.8. The highest BCUT2D eigenvalue weighted by Gasteiger charge is 2.19. The number of carbonyl (C=O) groups excluding carboxylic acids is 2. The van der Waals surface area contributed by atoms with Gasteiger partial charge in [-0.2, -0.15) is 0 Å². The molecule has 0 spiro atoms. The third-order valence-electron chi connectivity index (χ3n) is 4.16. The molecule has 1 unspecified atom stereocenters. The standard InChI is InChI=1S/C17H25N3O2/c1-18-17(22)16(3-2-12-21)13-4-6-14(7-5-13)20-15-8-10-19-11-9-15/h4-7,12,15-16,19-20H,2-3,8-11H2,1H3,(H,18,22). The van der Waals surface area contributed by atoms with Crippen LogP contribution in [-0.4, -0.2) is 38.4 Å². The van der Waals surface area contributed by atoms with Gasteiger partial charge in [-0.05, 0) is 50.0 Å². The normalized spacial score (nSPS) is 16.8. The van der Waals surface area contributed by atoms with Crippen molar-refractivity contribution < 1.29 is 9.59 Å². The van der Waals surface area contributed by atoms with Crippen molar-refractivity contribution in [3.63, 3.8) is 0 Å². The fraction of sp³-hybridized carbons (Fsp3) is 0.529. The molecular formula is C17H25N3O2. The number of nitrogens with one attached hydrogen (secondary N) is 3. The monoisotopic (exact) mass is 303 g/mol. The maximum Gasteiger partial charge on any atom is 0.227 e. The third kappa shape index (κ3) is 4.56. The summed E-state index contributed by atoms with van der Waals surface area (Å²) >= 11 is 0. The Morgan fingerprint density at radius 2 is 2.00 bits per heavy atom. The third-order valence-corrected chi connectivity index (χ3v) is 4.16. The first-order valence-corrected chi connectivity index (χ1v) is 7.97. The van der Waals surface area contributed by atoms with E-state index in [4.69, 9.17) is 0 Å². The van der Waals surface area contributed by atoms with Crippen molar-refractivity contribution in [2.45, 2.75) is 37.6 Å². The molecule has 5 heteroatoms. The van der Waals surface area contributed by atoms with Crippen LogP contribution in [0.1, 0.15) is 37.2 Å². The summed E-state index contributed by atoms with van der Waals surface area (Å²) in [5.74, 6) is -0.302. The van der Waals surface area contributed by atoms with Crippen LogP contribution in [0.2, 0.25) is 0 Å². The first-order valence-electron chi connectivity index (χ1n) is 7.97. The Balaban J connectivity index is 2.01. The van der Waals surface area contributed by atoms with Crippen LogP contribution >= 0.6 is 0 Å². The Morgan fingerprint density at radius 1 is 1.32 bits per heavy atom. The summed E-state index contributed by atoms with van der Waals surface area (Å²) in [6.07, 6.45) is 4.06. The first-order chi connectivity index (χ1) is 10.7. The second-order valence-electron chi connectivity index (χ2n) is 5.70. The van der Waals surface area contributed by atoms with E-state index < -0.39 is 0 Å². The first kappa shape index (κ1) is 16.5. The van der Waals surface area contributed by atoms with Crippen molar-refractivity contribution in [1.82, 2.24) is 10.6 Å². The number of aldehydes is 1. The molecule has 1 fully saturated rings. The van der Waals surface area contributed by atoms with Gasteiger partial charge < -0.3 is 20.7 Å². The molecule has 120 valence electrons. The van der Waals surface area contributed by atoms with Gasteiger partial charge in [0, 0.05) is 25.2 Å². The molecule has 0 bridgehead atoms. The predicted molar refractivity (Wildman–Crippen MR) is 88.1 cm³/mol. The minimum absolute atomic E-state index is 0.0408. The molecule has 2 rings (SSSR count). The highest BCUT2D eigenvalue weighted by molar-refractivity contribution is 5.83. The van der Waals surface area contributed by atoms with Crippen LogP contribution in [0.15, 0.2) is 24.3 Å². The topological polar surface area (TPSA) is 70.2 Å². The maximum absolute atomic E-state index is 12.0. The number of amides is 1. The fourth-order valence-corrected chi connectivity index (χ4v) is 2.87. The molecule has 0 aliphatic carbocycles. The number of hydrogen-bond acceptors (Lipinski definition) is 4. The number of rotatable bonds is 7. The van der Waals surface area contributed by atoms with Gasteiger partial charge in [0.25, 0.3) is 0 Å². The summed E-state index contributed by atoms with van der Waals surface area (Å²) in [5, 5.41) is 9.56. The van der Waals surface area contributed by atoms with E-state index in [1.165, 1.54) is 0 Å². The maximum atomic E-state index is 12.0. The Bertz CT molecular complexity index is 481. The summed E-state index contributed by atoms with van der Waals surface area (Å²) in [7, 11) is 1.63. The highest BCUT2D eigenvalue weighted by Crippen LogP contribution is 2.23. The van der Waals surface area contributed by atoms with Gasteiger partial charge in [0.05, 0.1) is 5.92 Å². The SMILES string of the molecule is CNC(=O)C(CCC=O)c1ccc(NC2CCNCC2)cc1. The molecule has 1 aliphatic rings. The second-order valence-corrected chi connectivity index (χ2v) is 5.70. The quantitative estimate of drug-likeness (QED) is 0.670. The molecule has 1 saturated heterocycles. The zero-order valence-corrected chi connectivity index (χ0v) is 13.1. The lowest BCUT2D eigenvalue weighted by molar-refractivity contribution is -0.122. The zero-order valence-electron chi connectivity index (χ0n) is 13.1. The van der Waals surface area contributed by atoms with Gasteiger partial charge in [0.1, 0.15) is 6.29 Å². The number of hydrogen-bond donors (Lipinski definition) is 3. The molecule has 1 atom stereocenters. The summed E-state index contributed by atoms with van der Waals surface area (Å²) < 4.78 is 0. The lowest BCUT2D eigenvalue weighted by atomic mass is 9.93. The van der Waals surface area contributed by atoms with Crippen molar-refractivity contribution in [3.8, 4) is 0 Å². The van der Waals surface area contributed by atoms with Crippen LogP contribution in [0.25, 0.3) is 0 Å². The lowest BCUT2D eigenvalue weighted by Crippen LogP contribution is -2.35. The molecule has 0 aromatic heterocycles. The van der Waals surface area contributed by atoms with E-state index in [1.807, 2.05) is 24.3 Å². The average molecular weight is 303 g/mol. The summed E-state index contributed by atoms with van der Waals surface area (Å²) in [6, 6.07) is 8.52. The number of benzene rings is 1. The van der Waals surface area contributed by atoms with Gasteiger partial charge in [-0.15, -0.1) is 0 Å². The van der Waals surface area contributed by atoms with E-state index in [0.717, 1.165) is 43.5 Å². The van der Waals surface area contributed by atoms with Crippen molar-refractivity contribution in [1.29, 1.82) is 0 Å². The molecular weight excluding hydrogens is 278 g/mol. The average Bonchev–Trinajstić information content (AvgIpc) is 2.57. The molecule has 0 saturated carbocycles. The van der Waals surface area contributed by atoms with Crippen LogP contribution in [0.4, 0.5) is 5.69 Å². The van der Waals surface area contributed by atoms with E-state index in [-0.39, 0.29) is 11.8 Å². The second kappa shape index (κ2) is 8.54. The highest BCUT2D eigenvalue weighted by atomic mass is 16.1. The Morgan fingerprint density at radius 3 is 2.59 bits per heavy atom. The van der Waals surface area contributed by atoms with E-state index >= 15 is 0 Å². The van der Waals surface area contributed by atoms with Crippen molar-refractivity contribution in [3.05, 3.63) is 29.8 Å². The lowest BCUT2D eigenvalue weighted by Gasteiger charge is -2.25. The Kier molecular flexibility index (Phi) is 6.40. The van der Waals surface area contributed by atoms with Gasteiger partial charge in [-0.3, -0.25) is 4.79 Å². The summed E-state index contributed by atoms with van der Waals surface area (Å²) in [5.41, 5.74) is 2.04. The molecule has 1 heterocycles. The van der Waals surface area contributed by atoms with E-state index in [1.54, 1.807) is 7.05 Å². The molecule has 1 aliphatic heterocycles. The molecule has 22 heavy (non-hydrogen) atoms. The molecule has 5 nitrogen and oxygen atoms in total. The largest absolute Gasteiger partial charge is 0.382 e.